The van der Waals surface area contributed by atoms with Crippen LogP contribution in [0.15, 0.2) is 22.8 Å². The standard InChI is InChI=1S/C11H15NO3/c1-12-5-4-8(7-12)10(11(13)14)9-3-2-6-15-9/h2-3,6,8,10H,4-5,7H2,1H3,(H,13,14). The molecule has 1 N–H and O–H groups in total. The zero-order valence-electron chi connectivity index (χ0n) is 8.72. The minimum Gasteiger partial charge on any atom is -0.481 e. The summed E-state index contributed by atoms with van der Waals surface area (Å²) in [5, 5.41) is 9.21. The molecule has 1 fully saturated rings. The number of likely N-dealkylation sites (tertiary alicyclic amines) is 1. The van der Waals surface area contributed by atoms with Crippen molar-refractivity contribution in [2.45, 2.75) is 12.3 Å². The van der Waals surface area contributed by atoms with Crippen LogP contribution in [0.3, 0.4) is 0 Å². The molecular formula is C11H15NO3. The van der Waals surface area contributed by atoms with Crippen molar-refractivity contribution in [3.8, 4) is 0 Å². The van der Waals surface area contributed by atoms with E-state index >= 15 is 0 Å². The molecule has 2 rings (SSSR count). The molecule has 0 aromatic carbocycles. The maximum Gasteiger partial charge on any atom is 0.314 e. The Labute approximate surface area is 88.5 Å². The first-order chi connectivity index (χ1) is 7.18. The van der Waals surface area contributed by atoms with Crippen LogP contribution in [0.1, 0.15) is 18.1 Å². The Bertz CT molecular complexity index is 334. The van der Waals surface area contributed by atoms with Gasteiger partial charge in [0.2, 0.25) is 0 Å². The molecule has 1 saturated heterocycles. The van der Waals surface area contributed by atoms with Gasteiger partial charge in [0.15, 0.2) is 0 Å². The van der Waals surface area contributed by atoms with Crippen molar-refractivity contribution in [1.29, 1.82) is 0 Å². The Morgan fingerprint density at radius 3 is 3.00 bits per heavy atom. The molecule has 0 aliphatic carbocycles. The first kappa shape index (κ1) is 10.2. The van der Waals surface area contributed by atoms with Gasteiger partial charge in [0.1, 0.15) is 11.7 Å². The van der Waals surface area contributed by atoms with Crippen LogP contribution in [0.25, 0.3) is 0 Å². The highest BCUT2D eigenvalue weighted by Gasteiger charge is 2.35. The number of hydrogen-bond acceptors (Lipinski definition) is 3. The molecule has 15 heavy (non-hydrogen) atoms. The van der Waals surface area contributed by atoms with E-state index in [0.717, 1.165) is 19.5 Å². The monoisotopic (exact) mass is 209 g/mol. The van der Waals surface area contributed by atoms with Crippen LogP contribution >= 0.6 is 0 Å². The van der Waals surface area contributed by atoms with Gasteiger partial charge in [-0.3, -0.25) is 4.79 Å². The van der Waals surface area contributed by atoms with Gasteiger partial charge in [-0.05, 0) is 38.1 Å². The van der Waals surface area contributed by atoms with Crippen LogP contribution in [0.2, 0.25) is 0 Å². The molecule has 1 aliphatic heterocycles. The van der Waals surface area contributed by atoms with Crippen molar-refractivity contribution in [2.24, 2.45) is 5.92 Å². The average Bonchev–Trinajstić information content (AvgIpc) is 2.77. The number of rotatable bonds is 3. The van der Waals surface area contributed by atoms with Crippen molar-refractivity contribution in [3.63, 3.8) is 0 Å². The van der Waals surface area contributed by atoms with Gasteiger partial charge in [0.25, 0.3) is 0 Å². The second kappa shape index (κ2) is 4.06. The summed E-state index contributed by atoms with van der Waals surface area (Å²) >= 11 is 0. The quantitative estimate of drug-likeness (QED) is 0.817. The second-order valence-corrected chi connectivity index (χ2v) is 4.14. The maximum absolute atomic E-state index is 11.2. The van der Waals surface area contributed by atoms with Gasteiger partial charge < -0.3 is 14.4 Å². The zero-order valence-corrected chi connectivity index (χ0v) is 8.72. The molecule has 2 unspecified atom stereocenters. The molecule has 0 amide bonds. The number of carboxylic acids is 1. The Morgan fingerprint density at radius 1 is 1.73 bits per heavy atom. The summed E-state index contributed by atoms with van der Waals surface area (Å²) in [4.78, 5) is 13.4. The van der Waals surface area contributed by atoms with Crippen molar-refractivity contribution in [3.05, 3.63) is 24.2 Å². The van der Waals surface area contributed by atoms with Crippen molar-refractivity contribution in [2.75, 3.05) is 20.1 Å². The van der Waals surface area contributed by atoms with Gasteiger partial charge >= 0.3 is 5.97 Å². The highest BCUT2D eigenvalue weighted by atomic mass is 16.4. The van der Waals surface area contributed by atoms with E-state index in [1.54, 1.807) is 12.1 Å². The lowest BCUT2D eigenvalue weighted by atomic mass is 9.89. The molecule has 0 radical (unpaired) electrons. The molecule has 4 heteroatoms. The predicted octanol–water partition coefficient (Wildman–Crippen LogP) is 1.40. The lowest BCUT2D eigenvalue weighted by Crippen LogP contribution is -2.23. The third kappa shape index (κ3) is 2.04. The number of hydrogen-bond donors (Lipinski definition) is 1. The van der Waals surface area contributed by atoms with Crippen molar-refractivity contribution >= 4 is 5.97 Å². The Hall–Kier alpha value is -1.29. The van der Waals surface area contributed by atoms with Crippen LogP contribution in [-0.4, -0.2) is 36.1 Å². The van der Waals surface area contributed by atoms with E-state index in [1.165, 1.54) is 6.26 Å². The minimum atomic E-state index is -0.787. The van der Waals surface area contributed by atoms with E-state index in [4.69, 9.17) is 4.42 Å². The highest BCUT2D eigenvalue weighted by molar-refractivity contribution is 5.75. The number of carbonyl (C=O) groups is 1. The average molecular weight is 209 g/mol. The first-order valence-electron chi connectivity index (χ1n) is 5.13. The predicted molar refractivity (Wildman–Crippen MR) is 54.7 cm³/mol. The first-order valence-corrected chi connectivity index (χ1v) is 5.13. The van der Waals surface area contributed by atoms with Crippen molar-refractivity contribution in [1.82, 2.24) is 4.90 Å². The van der Waals surface area contributed by atoms with Crippen LogP contribution in [-0.2, 0) is 4.79 Å². The summed E-state index contributed by atoms with van der Waals surface area (Å²) in [7, 11) is 2.01. The number of furan rings is 1. The minimum absolute atomic E-state index is 0.165. The fraction of sp³-hybridized carbons (Fsp3) is 0.545. The van der Waals surface area contributed by atoms with Gasteiger partial charge in [-0.1, -0.05) is 0 Å². The summed E-state index contributed by atoms with van der Waals surface area (Å²) in [6.07, 6.45) is 2.46. The molecule has 0 saturated carbocycles. The molecule has 82 valence electrons. The molecule has 4 nitrogen and oxygen atoms in total. The van der Waals surface area contributed by atoms with Crippen LogP contribution in [0.4, 0.5) is 0 Å². The smallest absolute Gasteiger partial charge is 0.314 e. The summed E-state index contributed by atoms with van der Waals surface area (Å²) in [5.74, 6) is -0.545. The molecule has 1 aromatic rings. The van der Waals surface area contributed by atoms with E-state index < -0.39 is 11.9 Å². The number of nitrogens with zero attached hydrogens (tertiary/aromatic N) is 1. The Balaban J connectivity index is 2.17. The molecule has 1 aromatic heterocycles. The molecule has 2 heterocycles. The van der Waals surface area contributed by atoms with E-state index in [9.17, 15) is 9.90 Å². The van der Waals surface area contributed by atoms with Gasteiger partial charge in [-0.2, -0.15) is 0 Å². The second-order valence-electron chi connectivity index (χ2n) is 4.14. The SMILES string of the molecule is CN1CCC(C(C(=O)O)c2ccco2)C1. The summed E-state index contributed by atoms with van der Waals surface area (Å²) < 4.78 is 5.21. The highest BCUT2D eigenvalue weighted by Crippen LogP contribution is 2.31. The number of aliphatic carboxylic acids is 1. The van der Waals surface area contributed by atoms with Gasteiger partial charge in [0, 0.05) is 6.54 Å². The molecule has 0 spiro atoms. The Morgan fingerprint density at radius 2 is 2.53 bits per heavy atom. The van der Waals surface area contributed by atoms with E-state index in [-0.39, 0.29) is 5.92 Å². The Kier molecular flexibility index (Phi) is 2.77. The fourth-order valence-electron chi connectivity index (χ4n) is 2.27. The van der Waals surface area contributed by atoms with Gasteiger partial charge in [-0.25, -0.2) is 0 Å². The normalized spacial score (nSPS) is 24.2. The third-order valence-electron chi connectivity index (χ3n) is 3.01. The molecule has 1 aliphatic rings. The fourth-order valence-corrected chi connectivity index (χ4v) is 2.27. The van der Waals surface area contributed by atoms with Crippen LogP contribution in [0, 0.1) is 5.92 Å². The van der Waals surface area contributed by atoms with Crippen LogP contribution in [0.5, 0.6) is 0 Å². The lowest BCUT2D eigenvalue weighted by Gasteiger charge is -2.17. The maximum atomic E-state index is 11.2. The molecular weight excluding hydrogens is 194 g/mol. The van der Waals surface area contributed by atoms with Gasteiger partial charge in [-0.15, -0.1) is 0 Å². The largest absolute Gasteiger partial charge is 0.481 e. The molecule has 0 bridgehead atoms. The van der Waals surface area contributed by atoms with Crippen molar-refractivity contribution < 1.29 is 14.3 Å². The zero-order chi connectivity index (χ0) is 10.8. The summed E-state index contributed by atoms with van der Waals surface area (Å²) in [5.41, 5.74) is 0. The molecule has 2 atom stereocenters. The van der Waals surface area contributed by atoms with Gasteiger partial charge in [0.05, 0.1) is 6.26 Å². The summed E-state index contributed by atoms with van der Waals surface area (Å²) in [6.45, 7) is 1.80. The van der Waals surface area contributed by atoms with E-state index in [2.05, 4.69) is 4.90 Å². The summed E-state index contributed by atoms with van der Waals surface area (Å²) in [6, 6.07) is 3.49. The van der Waals surface area contributed by atoms with E-state index in [0.29, 0.717) is 5.76 Å². The third-order valence-corrected chi connectivity index (χ3v) is 3.01. The number of carboxylic acid groups (broad SMARTS) is 1. The van der Waals surface area contributed by atoms with E-state index in [1.807, 2.05) is 7.05 Å². The topological polar surface area (TPSA) is 53.7 Å². The lowest BCUT2D eigenvalue weighted by molar-refractivity contribution is -0.140. The van der Waals surface area contributed by atoms with Crippen LogP contribution < -0.4 is 0 Å².